The minimum Gasteiger partial charge on any atom is -0.459 e. The van der Waals surface area contributed by atoms with Crippen LogP contribution in [0.25, 0.3) is 22.2 Å². The second kappa shape index (κ2) is 10.9. The maximum absolute atomic E-state index is 13.0. The minimum absolute atomic E-state index is 0.262. The number of nitrogens with zero attached hydrogens (tertiary/aromatic N) is 4. The summed E-state index contributed by atoms with van der Waals surface area (Å²) in [4.78, 5) is 30.1. The third-order valence-electron chi connectivity index (χ3n) is 7.38. The lowest BCUT2D eigenvalue weighted by Crippen LogP contribution is -2.36. The van der Waals surface area contributed by atoms with E-state index in [9.17, 15) is 4.79 Å². The van der Waals surface area contributed by atoms with Crippen molar-refractivity contribution < 1.29 is 9.53 Å². The highest BCUT2D eigenvalue weighted by Crippen LogP contribution is 2.34. The summed E-state index contributed by atoms with van der Waals surface area (Å²) in [6, 6.07) is 12.5. The van der Waals surface area contributed by atoms with Gasteiger partial charge in [0, 0.05) is 54.2 Å². The van der Waals surface area contributed by atoms with E-state index < -0.39 is 5.97 Å². The van der Waals surface area contributed by atoms with Gasteiger partial charge in [0.2, 0.25) is 5.95 Å². The molecule has 0 radical (unpaired) electrons. The number of likely N-dealkylation sites (N-methyl/N-ethyl adjacent to an activating group) is 2. The Morgan fingerprint density at radius 3 is 2.85 bits per heavy atom. The number of fused-ring (bicyclic) bond motifs is 1. The van der Waals surface area contributed by atoms with E-state index in [4.69, 9.17) is 15.5 Å². The first-order chi connectivity index (χ1) is 18.7. The second-order valence-corrected chi connectivity index (χ2v) is 10.7. The molecule has 3 heterocycles. The van der Waals surface area contributed by atoms with Crippen LogP contribution in [0, 0.1) is 6.92 Å². The first-order valence-corrected chi connectivity index (χ1v) is 13.4. The van der Waals surface area contributed by atoms with Crippen LogP contribution in [0.3, 0.4) is 0 Å². The molecule has 2 aromatic carbocycles. The van der Waals surface area contributed by atoms with E-state index in [1.165, 1.54) is 19.0 Å². The molecule has 5 rings (SSSR count). The first kappa shape index (κ1) is 26.5. The molecule has 1 saturated heterocycles. The van der Waals surface area contributed by atoms with Crippen molar-refractivity contribution in [3.63, 3.8) is 0 Å². The van der Waals surface area contributed by atoms with Crippen LogP contribution >= 0.6 is 0 Å². The van der Waals surface area contributed by atoms with Crippen LogP contribution in [0.5, 0.6) is 0 Å². The number of para-hydroxylation sites is 1. The highest BCUT2D eigenvalue weighted by Gasteiger charge is 2.24. The van der Waals surface area contributed by atoms with Gasteiger partial charge in [-0.3, -0.25) is 0 Å². The molecule has 4 N–H and O–H groups in total. The maximum Gasteiger partial charge on any atom is 0.342 e. The van der Waals surface area contributed by atoms with Crippen LogP contribution in [0.4, 0.5) is 23.0 Å². The number of nitrogens with one attached hydrogen (secondary N) is 2. The average molecular weight is 528 g/mol. The van der Waals surface area contributed by atoms with Crippen molar-refractivity contribution in [2.24, 2.45) is 0 Å². The number of ether oxygens (including phenoxy) is 1. The van der Waals surface area contributed by atoms with E-state index >= 15 is 0 Å². The largest absolute Gasteiger partial charge is 0.459 e. The first-order valence-electron chi connectivity index (χ1n) is 13.4. The van der Waals surface area contributed by atoms with Gasteiger partial charge in [-0.15, -0.1) is 0 Å². The van der Waals surface area contributed by atoms with Crippen molar-refractivity contribution in [2.45, 2.75) is 45.8 Å². The summed E-state index contributed by atoms with van der Waals surface area (Å²) in [5, 5.41) is 4.29. The quantitative estimate of drug-likeness (QED) is 0.208. The number of anilines is 4. The summed E-state index contributed by atoms with van der Waals surface area (Å²) in [6.45, 7) is 7.75. The van der Waals surface area contributed by atoms with E-state index in [2.05, 4.69) is 45.2 Å². The van der Waals surface area contributed by atoms with E-state index in [0.717, 1.165) is 46.5 Å². The summed E-state index contributed by atoms with van der Waals surface area (Å²) in [5.41, 5.74) is 12.6. The van der Waals surface area contributed by atoms with Crippen molar-refractivity contribution >= 4 is 39.9 Å². The molecule has 9 nitrogen and oxygen atoms in total. The Kier molecular flexibility index (Phi) is 7.43. The van der Waals surface area contributed by atoms with Gasteiger partial charge >= 0.3 is 5.97 Å². The van der Waals surface area contributed by atoms with Crippen LogP contribution in [0.15, 0.2) is 48.8 Å². The van der Waals surface area contributed by atoms with Crippen molar-refractivity contribution in [1.82, 2.24) is 19.9 Å². The zero-order valence-electron chi connectivity index (χ0n) is 23.3. The van der Waals surface area contributed by atoms with Gasteiger partial charge in [-0.2, -0.15) is 0 Å². The third kappa shape index (κ3) is 5.54. The number of nitrogen functional groups attached to an aromatic ring is 1. The van der Waals surface area contributed by atoms with E-state index in [1.54, 1.807) is 0 Å². The van der Waals surface area contributed by atoms with Crippen molar-refractivity contribution in [3.8, 4) is 11.3 Å². The summed E-state index contributed by atoms with van der Waals surface area (Å²) in [5.74, 6) is -0.0925. The summed E-state index contributed by atoms with van der Waals surface area (Å²) >= 11 is 0. The number of rotatable bonds is 8. The molecule has 204 valence electrons. The van der Waals surface area contributed by atoms with Gasteiger partial charge < -0.3 is 30.6 Å². The van der Waals surface area contributed by atoms with Crippen LogP contribution in [-0.4, -0.2) is 65.2 Å². The lowest BCUT2D eigenvalue weighted by atomic mass is 10.1. The van der Waals surface area contributed by atoms with E-state index in [0.29, 0.717) is 28.9 Å². The predicted octanol–water partition coefficient (Wildman–Crippen LogP) is 5.35. The van der Waals surface area contributed by atoms with E-state index in [1.807, 2.05) is 57.3 Å². The molecule has 1 aliphatic rings. The van der Waals surface area contributed by atoms with Gasteiger partial charge in [0.05, 0.1) is 23.2 Å². The lowest BCUT2D eigenvalue weighted by Gasteiger charge is -2.29. The Hall–Kier alpha value is -4.11. The smallest absolute Gasteiger partial charge is 0.342 e. The standard InChI is InChI=1S/C30H37N7O2/c1-18(2)39-29(38)23-16-33-30(35-28(23)22-15-32-25-11-7-6-10-21(22)25)34-26-14-24(31)27(13-19(26)3)37(5)17-20-9-8-12-36(20)4/h6-7,10-11,13-16,18,20,32H,8-9,12,17,31H2,1-5H3,(H,33,34,35)/t20-/m1/s1. The Morgan fingerprint density at radius 1 is 1.31 bits per heavy atom. The highest BCUT2D eigenvalue weighted by molar-refractivity contribution is 6.02. The molecule has 0 bridgehead atoms. The summed E-state index contributed by atoms with van der Waals surface area (Å²) in [6.07, 6.45) is 5.56. The fraction of sp³-hybridized carbons (Fsp3) is 0.367. The number of hydrogen-bond acceptors (Lipinski definition) is 8. The van der Waals surface area contributed by atoms with Crippen LogP contribution in [-0.2, 0) is 4.74 Å². The highest BCUT2D eigenvalue weighted by atomic mass is 16.5. The fourth-order valence-electron chi connectivity index (χ4n) is 5.26. The lowest BCUT2D eigenvalue weighted by molar-refractivity contribution is 0.0378. The molecule has 1 atom stereocenters. The normalized spacial score (nSPS) is 15.7. The van der Waals surface area contributed by atoms with Crippen molar-refractivity contribution in [3.05, 3.63) is 59.9 Å². The number of H-pyrrole nitrogens is 1. The molecule has 0 aliphatic carbocycles. The number of hydrogen-bond donors (Lipinski definition) is 3. The Labute approximate surface area is 229 Å². The fourth-order valence-corrected chi connectivity index (χ4v) is 5.26. The average Bonchev–Trinajstić information content (AvgIpc) is 3.51. The monoisotopic (exact) mass is 527 g/mol. The zero-order valence-corrected chi connectivity index (χ0v) is 23.3. The van der Waals surface area contributed by atoms with E-state index in [-0.39, 0.29) is 6.10 Å². The number of aromatic amines is 1. The van der Waals surface area contributed by atoms with Crippen LogP contribution < -0.4 is 16.0 Å². The maximum atomic E-state index is 13.0. The second-order valence-electron chi connectivity index (χ2n) is 10.7. The molecule has 0 spiro atoms. The van der Waals surface area contributed by atoms with Crippen molar-refractivity contribution in [1.29, 1.82) is 0 Å². The Bertz CT molecular complexity index is 1500. The van der Waals surface area contributed by atoms with Gasteiger partial charge in [-0.05, 0) is 71.0 Å². The van der Waals surface area contributed by atoms with Crippen LogP contribution in [0.1, 0.15) is 42.6 Å². The number of nitrogens with two attached hydrogens (primary N) is 1. The number of aryl methyl sites for hydroxylation is 1. The van der Waals surface area contributed by atoms with Gasteiger partial charge in [-0.1, -0.05) is 18.2 Å². The van der Waals surface area contributed by atoms with Crippen LogP contribution in [0.2, 0.25) is 0 Å². The molecule has 2 aromatic heterocycles. The molecular formula is C30H37N7O2. The van der Waals surface area contributed by atoms with Crippen molar-refractivity contribution in [2.75, 3.05) is 43.1 Å². The molecular weight excluding hydrogens is 490 g/mol. The Morgan fingerprint density at radius 2 is 2.10 bits per heavy atom. The zero-order chi connectivity index (χ0) is 27.7. The van der Waals surface area contributed by atoms with Gasteiger partial charge in [0.15, 0.2) is 0 Å². The number of benzene rings is 2. The molecule has 0 unspecified atom stereocenters. The minimum atomic E-state index is -0.461. The SMILES string of the molecule is Cc1cc(N(C)C[C@H]2CCCN2C)c(N)cc1Nc1ncc(C(=O)OC(C)C)c(-c2c[nH]c3ccccc23)n1. The predicted molar refractivity (Wildman–Crippen MR) is 158 cm³/mol. The Balaban J connectivity index is 1.46. The molecule has 39 heavy (non-hydrogen) atoms. The molecule has 1 fully saturated rings. The van der Waals surface area contributed by atoms with Gasteiger partial charge in [0.1, 0.15) is 5.56 Å². The number of aromatic nitrogens is 3. The number of likely N-dealkylation sites (tertiary alicyclic amines) is 1. The molecule has 9 heteroatoms. The number of carbonyl (C=O) groups excluding carboxylic acids is 1. The van der Waals surface area contributed by atoms with Gasteiger partial charge in [-0.25, -0.2) is 14.8 Å². The molecule has 4 aromatic rings. The number of carbonyl (C=O) groups is 1. The van der Waals surface area contributed by atoms with Gasteiger partial charge in [0.25, 0.3) is 0 Å². The third-order valence-corrected chi connectivity index (χ3v) is 7.38. The molecule has 1 aliphatic heterocycles. The topological polar surface area (TPSA) is 112 Å². The molecule has 0 amide bonds. The number of esters is 1. The molecule has 0 saturated carbocycles. The summed E-state index contributed by atoms with van der Waals surface area (Å²) in [7, 11) is 4.28. The summed E-state index contributed by atoms with van der Waals surface area (Å²) < 4.78 is 5.50.